The smallest absolute Gasteiger partial charge is 0.250 e. The first-order valence-corrected chi connectivity index (χ1v) is 8.38. The molecule has 1 heterocycles. The van der Waals surface area contributed by atoms with Gasteiger partial charge in [-0.15, -0.1) is 0 Å². The Bertz CT molecular complexity index is 786. The zero-order valence-electron chi connectivity index (χ0n) is 13.4. The molecule has 1 fully saturated rings. The monoisotopic (exact) mass is 394 g/mol. The van der Waals surface area contributed by atoms with Crippen molar-refractivity contribution in [1.82, 2.24) is 4.98 Å². The number of hydrogen-bond acceptors (Lipinski definition) is 2. The number of halogens is 3. The van der Waals surface area contributed by atoms with Gasteiger partial charge < -0.3 is 0 Å². The number of carbonyl (C=O) groups excluding carboxylic acids is 1. The fourth-order valence-electron chi connectivity index (χ4n) is 3.34. The van der Waals surface area contributed by atoms with Crippen LogP contribution in [0.2, 0.25) is 0 Å². The number of carbonyl (C=O) groups is 1. The number of pyridine rings is 1. The Labute approximate surface area is 147 Å². The summed E-state index contributed by atoms with van der Waals surface area (Å²) >= 11 is 3.35. The summed E-state index contributed by atoms with van der Waals surface area (Å²) < 4.78 is 28.2. The van der Waals surface area contributed by atoms with E-state index in [1.54, 1.807) is 37.5 Å². The number of nitrogens with zero attached hydrogens (tertiary/aromatic N) is 2. The third kappa shape index (κ3) is 2.83. The molecule has 1 aromatic heterocycles. The van der Waals surface area contributed by atoms with E-state index in [1.165, 1.54) is 4.90 Å². The van der Waals surface area contributed by atoms with E-state index in [0.29, 0.717) is 11.4 Å². The highest BCUT2D eigenvalue weighted by Gasteiger charge is 2.62. The van der Waals surface area contributed by atoms with Crippen molar-refractivity contribution in [2.24, 2.45) is 0 Å². The molecule has 126 valence electrons. The number of rotatable bonds is 3. The zero-order valence-corrected chi connectivity index (χ0v) is 15.0. The Morgan fingerprint density at radius 2 is 1.96 bits per heavy atom. The summed E-state index contributed by atoms with van der Waals surface area (Å²) in [5.74, 6) is -2.68. The van der Waals surface area contributed by atoms with E-state index >= 15 is 0 Å². The summed E-state index contributed by atoms with van der Waals surface area (Å²) in [5, 5.41) is 0. The minimum atomic E-state index is -2.82. The first-order valence-electron chi connectivity index (χ1n) is 7.59. The molecule has 0 atom stereocenters. The van der Waals surface area contributed by atoms with Crippen molar-refractivity contribution in [1.29, 1.82) is 0 Å². The van der Waals surface area contributed by atoms with Crippen molar-refractivity contribution in [3.8, 4) is 0 Å². The van der Waals surface area contributed by atoms with Gasteiger partial charge >= 0.3 is 0 Å². The highest BCUT2D eigenvalue weighted by molar-refractivity contribution is 9.10. The van der Waals surface area contributed by atoms with E-state index in [0.717, 1.165) is 10.0 Å². The second-order valence-corrected chi connectivity index (χ2v) is 7.23. The molecule has 0 N–H and O–H groups in total. The van der Waals surface area contributed by atoms with E-state index < -0.39 is 24.2 Å². The van der Waals surface area contributed by atoms with Gasteiger partial charge in [-0.1, -0.05) is 34.1 Å². The molecule has 0 spiro atoms. The van der Waals surface area contributed by atoms with Crippen LogP contribution in [-0.2, 0) is 10.2 Å². The molecular formula is C18H17BrF2N2O. The maximum atomic E-state index is 13.7. The Balaban J connectivity index is 2.01. The molecule has 3 nitrogen and oxygen atoms in total. The summed E-state index contributed by atoms with van der Waals surface area (Å²) in [5.41, 5.74) is 0.212. The Hall–Kier alpha value is -1.82. The molecule has 0 saturated heterocycles. The van der Waals surface area contributed by atoms with Crippen LogP contribution in [0.3, 0.4) is 0 Å². The molecule has 24 heavy (non-hydrogen) atoms. The predicted octanol–water partition coefficient (Wildman–Crippen LogP) is 4.48. The molecule has 3 rings (SSSR count). The van der Waals surface area contributed by atoms with Gasteiger partial charge in [-0.05, 0) is 36.2 Å². The van der Waals surface area contributed by atoms with Crippen LogP contribution in [0.1, 0.15) is 24.0 Å². The summed E-state index contributed by atoms with van der Waals surface area (Å²) in [6, 6.07) is 10.7. The van der Waals surface area contributed by atoms with Crippen molar-refractivity contribution in [2.75, 3.05) is 11.9 Å². The van der Waals surface area contributed by atoms with Crippen LogP contribution in [-0.4, -0.2) is 23.9 Å². The van der Waals surface area contributed by atoms with Crippen molar-refractivity contribution in [2.45, 2.75) is 31.1 Å². The third-order valence-corrected chi connectivity index (χ3v) is 5.00. The fourth-order valence-corrected chi connectivity index (χ4v) is 3.74. The number of anilines is 1. The van der Waals surface area contributed by atoms with Crippen LogP contribution >= 0.6 is 15.9 Å². The van der Waals surface area contributed by atoms with E-state index in [-0.39, 0.29) is 5.91 Å². The SMILES string of the molecule is Cc1cccnc1N(C)C(=O)C1(c2cccc(Br)c2)CC(F)(F)C1. The first-order chi connectivity index (χ1) is 11.3. The van der Waals surface area contributed by atoms with E-state index in [4.69, 9.17) is 0 Å². The third-order valence-electron chi connectivity index (χ3n) is 4.51. The van der Waals surface area contributed by atoms with Gasteiger partial charge in [0.1, 0.15) is 5.82 Å². The van der Waals surface area contributed by atoms with E-state index in [1.807, 2.05) is 19.1 Å². The molecular weight excluding hydrogens is 378 g/mol. The maximum absolute atomic E-state index is 13.7. The molecule has 0 unspecified atom stereocenters. The average Bonchev–Trinajstić information content (AvgIpc) is 2.51. The van der Waals surface area contributed by atoms with Crippen molar-refractivity contribution < 1.29 is 13.6 Å². The Morgan fingerprint density at radius 3 is 2.54 bits per heavy atom. The fraction of sp³-hybridized carbons (Fsp3) is 0.333. The van der Waals surface area contributed by atoms with Crippen molar-refractivity contribution in [3.05, 3.63) is 58.2 Å². The summed E-state index contributed by atoms with van der Waals surface area (Å²) in [4.78, 5) is 18.8. The Morgan fingerprint density at radius 1 is 1.25 bits per heavy atom. The molecule has 2 aromatic rings. The van der Waals surface area contributed by atoms with Crippen molar-refractivity contribution in [3.63, 3.8) is 0 Å². The Kier molecular flexibility index (Phi) is 4.20. The van der Waals surface area contributed by atoms with Gasteiger partial charge in [-0.3, -0.25) is 9.69 Å². The van der Waals surface area contributed by atoms with Crippen LogP contribution in [0.4, 0.5) is 14.6 Å². The van der Waals surface area contributed by atoms with Gasteiger partial charge in [0.15, 0.2) is 0 Å². The number of benzene rings is 1. The van der Waals surface area contributed by atoms with Gasteiger partial charge in [-0.25, -0.2) is 13.8 Å². The molecule has 1 amide bonds. The standard InChI is InChI=1S/C18H17BrF2N2O/c1-12-5-4-8-22-15(12)23(2)16(24)17(10-18(20,21)11-17)13-6-3-7-14(19)9-13/h3-9H,10-11H2,1-2H3. The number of hydrogen-bond donors (Lipinski definition) is 0. The van der Waals surface area contributed by atoms with Crippen LogP contribution in [0, 0.1) is 6.92 Å². The number of amides is 1. The topological polar surface area (TPSA) is 33.2 Å². The lowest BCUT2D eigenvalue weighted by Gasteiger charge is -2.47. The lowest BCUT2D eigenvalue weighted by molar-refractivity contribution is -0.156. The molecule has 0 bridgehead atoms. The summed E-state index contributed by atoms with van der Waals surface area (Å²) in [6.07, 6.45) is 0.629. The van der Waals surface area contributed by atoms with Crippen LogP contribution in [0.25, 0.3) is 0 Å². The number of aryl methyl sites for hydroxylation is 1. The number of aromatic nitrogens is 1. The lowest BCUT2D eigenvalue weighted by Crippen LogP contribution is -2.58. The molecule has 0 aliphatic heterocycles. The quantitative estimate of drug-likeness (QED) is 0.768. The highest BCUT2D eigenvalue weighted by atomic mass is 79.9. The van der Waals surface area contributed by atoms with Gasteiger partial charge in [0.05, 0.1) is 5.41 Å². The molecule has 0 radical (unpaired) electrons. The minimum absolute atomic E-state index is 0.353. The van der Waals surface area contributed by atoms with Gasteiger partial charge in [0.25, 0.3) is 5.92 Å². The molecule has 6 heteroatoms. The number of alkyl halides is 2. The van der Waals surface area contributed by atoms with E-state index in [9.17, 15) is 13.6 Å². The molecule has 1 aromatic carbocycles. The van der Waals surface area contributed by atoms with Crippen LogP contribution in [0.15, 0.2) is 47.1 Å². The highest BCUT2D eigenvalue weighted by Crippen LogP contribution is 2.54. The van der Waals surface area contributed by atoms with Crippen LogP contribution in [0.5, 0.6) is 0 Å². The molecule has 1 aliphatic rings. The second-order valence-electron chi connectivity index (χ2n) is 6.31. The molecule has 1 saturated carbocycles. The van der Waals surface area contributed by atoms with Crippen LogP contribution < -0.4 is 4.90 Å². The summed E-state index contributed by atoms with van der Waals surface area (Å²) in [6.45, 7) is 1.84. The summed E-state index contributed by atoms with van der Waals surface area (Å²) in [7, 11) is 1.59. The van der Waals surface area contributed by atoms with Crippen molar-refractivity contribution >= 4 is 27.7 Å². The van der Waals surface area contributed by atoms with Gasteiger partial charge in [0, 0.05) is 30.6 Å². The second kappa shape index (κ2) is 5.92. The minimum Gasteiger partial charge on any atom is -0.299 e. The average molecular weight is 395 g/mol. The largest absolute Gasteiger partial charge is 0.299 e. The molecule has 1 aliphatic carbocycles. The van der Waals surface area contributed by atoms with Gasteiger partial charge in [-0.2, -0.15) is 0 Å². The lowest BCUT2D eigenvalue weighted by atomic mass is 9.61. The van der Waals surface area contributed by atoms with E-state index in [2.05, 4.69) is 20.9 Å². The van der Waals surface area contributed by atoms with Gasteiger partial charge in [0.2, 0.25) is 5.91 Å². The number of likely N-dealkylation sites (N-methyl/N-ethyl adjacent to an activating group) is 1. The maximum Gasteiger partial charge on any atom is 0.250 e. The predicted molar refractivity (Wildman–Crippen MR) is 92.4 cm³/mol. The first kappa shape index (κ1) is 17.0. The zero-order chi connectivity index (χ0) is 17.5. The normalized spacial score (nSPS) is 17.9.